The van der Waals surface area contributed by atoms with Gasteiger partial charge in [-0.3, -0.25) is 0 Å². The van der Waals surface area contributed by atoms with Crippen molar-refractivity contribution in [3.8, 4) is 11.5 Å². The molecule has 4 atom stereocenters. The monoisotopic (exact) mass is 534 g/mol. The molecule has 0 N–H and O–H groups in total. The van der Waals surface area contributed by atoms with E-state index < -0.39 is 21.2 Å². The molecular formula is C24H31ClN6O4S. The van der Waals surface area contributed by atoms with Crippen LogP contribution in [-0.2, 0) is 25.1 Å². The number of pyridine rings is 1. The molecule has 1 saturated heterocycles. The Morgan fingerprint density at radius 3 is 2.58 bits per heavy atom. The van der Waals surface area contributed by atoms with Gasteiger partial charge in [0.15, 0.2) is 21.5 Å². The molecule has 4 heterocycles. The van der Waals surface area contributed by atoms with E-state index in [0.29, 0.717) is 29.0 Å². The first-order valence-electron chi connectivity index (χ1n) is 11.9. The van der Waals surface area contributed by atoms with Gasteiger partial charge in [-0.25, -0.2) is 23.4 Å². The number of hydrogen-bond donors (Lipinski definition) is 0. The molecule has 0 radical (unpaired) electrons. The Morgan fingerprint density at radius 2 is 1.94 bits per heavy atom. The predicted molar refractivity (Wildman–Crippen MR) is 135 cm³/mol. The van der Waals surface area contributed by atoms with Crippen molar-refractivity contribution in [2.45, 2.75) is 69.3 Å². The third kappa shape index (κ3) is 5.74. The second kappa shape index (κ2) is 11.3. The van der Waals surface area contributed by atoms with E-state index >= 15 is 0 Å². The summed E-state index contributed by atoms with van der Waals surface area (Å²) in [5.41, 5.74) is 1.46. The number of ether oxygens (including phenoxy) is 2. The van der Waals surface area contributed by atoms with E-state index in [9.17, 15) is 8.42 Å². The molecule has 0 unspecified atom stereocenters. The number of aromatic nitrogens is 6. The van der Waals surface area contributed by atoms with E-state index in [1.807, 2.05) is 36.6 Å². The van der Waals surface area contributed by atoms with Gasteiger partial charge < -0.3 is 14.0 Å². The quantitative estimate of drug-likeness (QED) is 0.402. The van der Waals surface area contributed by atoms with Gasteiger partial charge in [0.25, 0.3) is 0 Å². The fourth-order valence-electron chi connectivity index (χ4n) is 4.48. The number of nitrogens with zero attached hydrogens (tertiary/aromatic N) is 6. The lowest BCUT2D eigenvalue weighted by Crippen LogP contribution is -2.32. The second-order valence-electron chi connectivity index (χ2n) is 9.05. The lowest BCUT2D eigenvalue weighted by molar-refractivity contribution is -0.0125. The summed E-state index contributed by atoms with van der Waals surface area (Å²) < 4.78 is 40.6. The Labute approximate surface area is 216 Å². The molecule has 12 heteroatoms. The minimum absolute atomic E-state index is 0.0774. The maximum atomic E-state index is 13.6. The maximum Gasteiger partial charge on any atom is 0.182 e. The summed E-state index contributed by atoms with van der Waals surface area (Å²) in [6.07, 6.45) is 4.82. The first-order valence-corrected chi connectivity index (χ1v) is 14.0. The fraction of sp³-hybridized carbons (Fsp3) is 0.542. The van der Waals surface area contributed by atoms with Crippen molar-refractivity contribution >= 4 is 21.4 Å². The van der Waals surface area contributed by atoms with Crippen LogP contribution in [0.25, 0.3) is 11.5 Å². The first kappa shape index (κ1) is 26.6. The van der Waals surface area contributed by atoms with Gasteiger partial charge in [0.05, 0.1) is 22.4 Å². The van der Waals surface area contributed by atoms with Crippen molar-refractivity contribution in [1.82, 2.24) is 29.7 Å². The SMILES string of the molecule is CO[C@H](c1ncc(Cl)cn1)[C@H](C)S(=O)(=O)Cc1nnc(-c2cccc(C)n2)n1[C@H](C)[C@H]1CCCCO1. The summed E-state index contributed by atoms with van der Waals surface area (Å²) in [6.45, 7) is 6.17. The molecule has 0 amide bonds. The largest absolute Gasteiger partial charge is 0.376 e. The first-order chi connectivity index (χ1) is 17.2. The van der Waals surface area contributed by atoms with E-state index in [1.165, 1.54) is 19.5 Å². The molecule has 0 aromatic carbocycles. The summed E-state index contributed by atoms with van der Waals surface area (Å²) in [5.74, 6) is 0.752. The van der Waals surface area contributed by atoms with Gasteiger partial charge in [0.1, 0.15) is 23.4 Å². The smallest absolute Gasteiger partial charge is 0.182 e. The Bertz CT molecular complexity index is 1280. The molecule has 3 aromatic rings. The van der Waals surface area contributed by atoms with Crippen LogP contribution in [0, 0.1) is 6.92 Å². The molecule has 36 heavy (non-hydrogen) atoms. The molecule has 0 aliphatic carbocycles. The van der Waals surface area contributed by atoms with Gasteiger partial charge in [0, 0.05) is 31.8 Å². The Morgan fingerprint density at radius 1 is 1.19 bits per heavy atom. The topological polar surface area (TPSA) is 122 Å². The van der Waals surface area contributed by atoms with Crippen molar-refractivity contribution in [3.63, 3.8) is 0 Å². The van der Waals surface area contributed by atoms with Crippen LogP contribution >= 0.6 is 11.6 Å². The van der Waals surface area contributed by atoms with Gasteiger partial charge >= 0.3 is 0 Å². The number of halogens is 1. The molecule has 194 valence electrons. The molecule has 4 rings (SSSR count). The van der Waals surface area contributed by atoms with Gasteiger partial charge in [-0.2, -0.15) is 0 Å². The minimum Gasteiger partial charge on any atom is -0.376 e. The van der Waals surface area contributed by atoms with Gasteiger partial charge in [-0.15, -0.1) is 10.2 Å². The highest BCUT2D eigenvalue weighted by molar-refractivity contribution is 7.91. The molecule has 10 nitrogen and oxygen atoms in total. The molecule has 0 spiro atoms. The highest BCUT2D eigenvalue weighted by atomic mass is 35.5. The number of methoxy groups -OCH3 is 1. The summed E-state index contributed by atoms with van der Waals surface area (Å²) in [7, 11) is -2.34. The van der Waals surface area contributed by atoms with Crippen molar-refractivity contribution in [2.75, 3.05) is 13.7 Å². The lowest BCUT2D eigenvalue weighted by atomic mass is 10.0. The summed E-state index contributed by atoms with van der Waals surface area (Å²) in [6, 6.07) is 5.46. The highest BCUT2D eigenvalue weighted by Gasteiger charge is 2.36. The molecular weight excluding hydrogens is 504 g/mol. The van der Waals surface area contributed by atoms with E-state index in [1.54, 1.807) is 6.92 Å². The normalized spacial score (nSPS) is 19.1. The van der Waals surface area contributed by atoms with E-state index in [4.69, 9.17) is 21.1 Å². The third-order valence-corrected chi connectivity index (χ3v) is 8.75. The van der Waals surface area contributed by atoms with Gasteiger partial charge in [-0.1, -0.05) is 17.7 Å². The van der Waals surface area contributed by atoms with Gasteiger partial charge in [-0.05, 0) is 52.2 Å². The van der Waals surface area contributed by atoms with Crippen LogP contribution in [0.2, 0.25) is 5.02 Å². The summed E-state index contributed by atoms with van der Waals surface area (Å²) in [5, 5.41) is 8.11. The van der Waals surface area contributed by atoms with Gasteiger partial charge in [0.2, 0.25) is 0 Å². The minimum atomic E-state index is -3.77. The number of sulfone groups is 1. The van der Waals surface area contributed by atoms with Crippen LogP contribution in [0.4, 0.5) is 0 Å². The number of aryl methyl sites for hydroxylation is 1. The van der Waals surface area contributed by atoms with Crippen LogP contribution in [0.1, 0.15) is 62.6 Å². The Balaban J connectivity index is 1.70. The zero-order valence-electron chi connectivity index (χ0n) is 20.8. The van der Waals surface area contributed by atoms with Crippen molar-refractivity contribution in [2.24, 2.45) is 0 Å². The lowest BCUT2D eigenvalue weighted by Gasteiger charge is -2.30. The van der Waals surface area contributed by atoms with Crippen LogP contribution < -0.4 is 0 Å². The van der Waals surface area contributed by atoms with Crippen molar-refractivity contribution < 1.29 is 17.9 Å². The van der Waals surface area contributed by atoms with E-state index in [-0.39, 0.29) is 23.7 Å². The zero-order valence-corrected chi connectivity index (χ0v) is 22.4. The van der Waals surface area contributed by atoms with Crippen LogP contribution in [-0.4, -0.2) is 63.2 Å². The molecule has 1 fully saturated rings. The zero-order chi connectivity index (χ0) is 25.9. The van der Waals surface area contributed by atoms with Crippen molar-refractivity contribution in [1.29, 1.82) is 0 Å². The molecule has 1 aliphatic heterocycles. The summed E-state index contributed by atoms with van der Waals surface area (Å²) in [4.78, 5) is 12.9. The predicted octanol–water partition coefficient (Wildman–Crippen LogP) is 3.91. The standard InChI is InChI=1S/C24H31ClN6O4S/c1-15-8-7-9-19(28-15)24-30-29-21(31(24)16(2)20-10-5-6-11-35-20)14-36(32,33)17(3)22(34-4)23-26-12-18(25)13-27-23/h7-9,12-13,16-17,20,22H,5-6,10-11,14H2,1-4H3/t16-,17+,20-,22+/m1/s1. The fourth-order valence-corrected chi connectivity index (χ4v) is 6.01. The number of rotatable bonds is 9. The Hall–Kier alpha value is -2.47. The molecule has 0 saturated carbocycles. The maximum absolute atomic E-state index is 13.6. The highest BCUT2D eigenvalue weighted by Crippen LogP contribution is 2.31. The summed E-state index contributed by atoms with van der Waals surface area (Å²) >= 11 is 5.89. The van der Waals surface area contributed by atoms with E-state index in [0.717, 1.165) is 25.0 Å². The van der Waals surface area contributed by atoms with Crippen molar-refractivity contribution in [3.05, 3.63) is 53.0 Å². The molecule has 3 aromatic heterocycles. The van der Waals surface area contributed by atoms with Crippen LogP contribution in [0.5, 0.6) is 0 Å². The molecule has 1 aliphatic rings. The van der Waals surface area contributed by atoms with E-state index in [2.05, 4.69) is 25.1 Å². The average molecular weight is 535 g/mol. The average Bonchev–Trinajstić information content (AvgIpc) is 3.28. The van der Waals surface area contributed by atoms with Crippen LogP contribution in [0.3, 0.4) is 0 Å². The van der Waals surface area contributed by atoms with Crippen LogP contribution in [0.15, 0.2) is 30.6 Å². The second-order valence-corrected chi connectivity index (χ2v) is 11.8. The Kier molecular flexibility index (Phi) is 8.34. The number of hydrogen-bond acceptors (Lipinski definition) is 9. The molecule has 0 bridgehead atoms. The third-order valence-electron chi connectivity index (χ3n) is 6.52.